The molecule has 0 radical (unpaired) electrons. The number of halogens is 2. The van der Waals surface area contributed by atoms with Crippen molar-refractivity contribution in [2.45, 2.75) is 39.2 Å². The van der Waals surface area contributed by atoms with E-state index in [1.165, 1.54) is 23.1 Å². The first-order valence-corrected chi connectivity index (χ1v) is 10.1. The Kier molecular flexibility index (Phi) is 4.01. The second-order valence-corrected chi connectivity index (χ2v) is 8.17. The Labute approximate surface area is 165 Å². The Hall–Kier alpha value is -2.67. The molecule has 0 fully saturated rings. The van der Waals surface area contributed by atoms with Gasteiger partial charge in [0.15, 0.2) is 5.82 Å². The van der Waals surface area contributed by atoms with Crippen LogP contribution in [0, 0.1) is 18.6 Å². The van der Waals surface area contributed by atoms with Crippen molar-refractivity contribution in [2.24, 2.45) is 4.99 Å². The van der Waals surface area contributed by atoms with Crippen LogP contribution in [0.4, 0.5) is 8.78 Å². The lowest BCUT2D eigenvalue weighted by molar-refractivity contribution is 0.578. The number of allylic oxidation sites excluding steroid dienone is 2. The van der Waals surface area contributed by atoms with Gasteiger partial charge in [-0.25, -0.2) is 8.78 Å². The van der Waals surface area contributed by atoms with Crippen molar-refractivity contribution >= 4 is 17.0 Å². The van der Waals surface area contributed by atoms with E-state index in [-0.39, 0.29) is 11.6 Å². The van der Waals surface area contributed by atoms with Crippen molar-refractivity contribution in [3.8, 4) is 5.00 Å². The topological polar surface area (TPSA) is 43.1 Å². The molecule has 5 rings (SSSR count). The second-order valence-electron chi connectivity index (χ2n) is 7.09. The first-order chi connectivity index (χ1) is 13.6. The molecule has 0 N–H and O–H groups in total. The molecule has 0 amide bonds. The van der Waals surface area contributed by atoms with Crippen LogP contribution in [0.25, 0.3) is 5.00 Å². The summed E-state index contributed by atoms with van der Waals surface area (Å²) in [5, 5.41) is 9.45. The van der Waals surface area contributed by atoms with Gasteiger partial charge in [-0.1, -0.05) is 18.2 Å². The van der Waals surface area contributed by atoms with Crippen LogP contribution in [0.15, 0.2) is 35.3 Å². The zero-order chi connectivity index (χ0) is 19.4. The highest BCUT2D eigenvalue weighted by Gasteiger charge is 2.33. The minimum atomic E-state index is -0.599. The summed E-state index contributed by atoms with van der Waals surface area (Å²) in [6, 6.07) is 3.59. The average Bonchev–Trinajstić information content (AvgIpc) is 3.08. The molecule has 3 aromatic rings. The highest BCUT2D eigenvalue weighted by Crippen LogP contribution is 2.41. The zero-order valence-corrected chi connectivity index (χ0v) is 16.4. The third-order valence-corrected chi connectivity index (χ3v) is 6.53. The van der Waals surface area contributed by atoms with Gasteiger partial charge in [-0.2, -0.15) is 0 Å². The Morgan fingerprint density at radius 2 is 1.89 bits per heavy atom. The van der Waals surface area contributed by atoms with Crippen molar-refractivity contribution in [2.75, 3.05) is 0 Å². The number of aromatic nitrogens is 3. The minimum absolute atomic E-state index is 0.0650. The van der Waals surface area contributed by atoms with Crippen LogP contribution < -0.4 is 0 Å². The van der Waals surface area contributed by atoms with Crippen molar-refractivity contribution < 1.29 is 8.78 Å². The van der Waals surface area contributed by atoms with Gasteiger partial charge in [-0.05, 0) is 44.4 Å². The summed E-state index contributed by atoms with van der Waals surface area (Å²) in [4.78, 5) is 5.98. The van der Waals surface area contributed by atoms with E-state index in [9.17, 15) is 8.78 Å². The summed E-state index contributed by atoms with van der Waals surface area (Å²) in [6.45, 7) is 3.78. The quantitative estimate of drug-likeness (QED) is 0.551. The van der Waals surface area contributed by atoms with Crippen LogP contribution in [-0.2, 0) is 12.8 Å². The lowest BCUT2D eigenvalue weighted by Gasteiger charge is -2.12. The largest absolute Gasteiger partial charge is 0.273 e. The molecule has 3 heterocycles. The van der Waals surface area contributed by atoms with Crippen LogP contribution in [0.5, 0.6) is 0 Å². The molecule has 0 unspecified atom stereocenters. The Morgan fingerprint density at radius 1 is 1.11 bits per heavy atom. The molecule has 1 aliphatic heterocycles. The van der Waals surface area contributed by atoms with Crippen molar-refractivity contribution in [1.82, 2.24) is 14.8 Å². The molecule has 0 spiro atoms. The van der Waals surface area contributed by atoms with Gasteiger partial charge >= 0.3 is 0 Å². The first kappa shape index (κ1) is 17.4. The molecule has 142 valence electrons. The number of thiophene rings is 1. The minimum Gasteiger partial charge on any atom is -0.273 e. The number of aliphatic imine (C=N–C) groups is 1. The SMILES string of the molecule is Cc1nnc2n1-c1sc3c(c1C(c1c(F)cccc1F)=N[C@H]2C)CCC=CC3. The molecule has 0 saturated carbocycles. The summed E-state index contributed by atoms with van der Waals surface area (Å²) in [5.74, 6) is 0.244. The van der Waals surface area contributed by atoms with E-state index in [1.807, 2.05) is 18.4 Å². The molecule has 1 atom stereocenters. The smallest absolute Gasteiger partial charge is 0.162 e. The first-order valence-electron chi connectivity index (χ1n) is 9.30. The highest BCUT2D eigenvalue weighted by molar-refractivity contribution is 7.15. The molecule has 1 aromatic carbocycles. The molecular weight excluding hydrogens is 378 g/mol. The zero-order valence-electron chi connectivity index (χ0n) is 15.5. The summed E-state index contributed by atoms with van der Waals surface area (Å²) in [7, 11) is 0. The van der Waals surface area contributed by atoms with Gasteiger partial charge in [0.1, 0.15) is 28.5 Å². The molecule has 28 heavy (non-hydrogen) atoms. The molecule has 2 aliphatic rings. The number of aryl methyl sites for hydroxylation is 1. The molecule has 0 saturated heterocycles. The standard InChI is InChI=1S/C21H18F2N4S/c1-11-20-26-25-12(2)27(20)21-17(13-7-4-3-5-10-16(13)28-21)19(24-11)18-14(22)8-6-9-15(18)23/h3,5-6,8-9,11H,4,7,10H2,1-2H3/t11-/m0/s1. The van der Waals surface area contributed by atoms with Gasteiger partial charge in [0, 0.05) is 16.9 Å². The normalized spacial score (nSPS) is 18.0. The van der Waals surface area contributed by atoms with Crippen LogP contribution in [0.1, 0.15) is 52.6 Å². The van der Waals surface area contributed by atoms with Gasteiger partial charge in [-0.3, -0.25) is 9.56 Å². The summed E-state index contributed by atoms with van der Waals surface area (Å²) in [5.41, 5.74) is 2.26. The molecule has 0 bridgehead atoms. The lowest BCUT2D eigenvalue weighted by atomic mass is 9.95. The van der Waals surface area contributed by atoms with Gasteiger partial charge in [-0.15, -0.1) is 21.5 Å². The molecule has 1 aliphatic carbocycles. The number of rotatable bonds is 1. The Balaban J connectivity index is 1.87. The fraction of sp³-hybridized carbons (Fsp3) is 0.286. The van der Waals surface area contributed by atoms with Crippen molar-refractivity contribution in [3.63, 3.8) is 0 Å². The fourth-order valence-corrected chi connectivity index (χ4v) is 5.37. The molecule has 7 heteroatoms. The van der Waals surface area contributed by atoms with Gasteiger partial charge in [0.05, 0.1) is 11.3 Å². The monoisotopic (exact) mass is 396 g/mol. The van der Waals surface area contributed by atoms with E-state index >= 15 is 0 Å². The van der Waals surface area contributed by atoms with Crippen molar-refractivity contribution in [3.05, 3.63) is 75.2 Å². The predicted octanol–water partition coefficient (Wildman–Crippen LogP) is 4.87. The molecular formula is C21H18F2N4S. The number of benzene rings is 1. The van der Waals surface area contributed by atoms with E-state index < -0.39 is 11.6 Å². The Bertz CT molecular complexity index is 1140. The number of nitrogens with zero attached hydrogens (tertiary/aromatic N) is 4. The highest BCUT2D eigenvalue weighted by atomic mass is 32.1. The average molecular weight is 396 g/mol. The maximum absolute atomic E-state index is 14.8. The Morgan fingerprint density at radius 3 is 2.68 bits per heavy atom. The lowest BCUT2D eigenvalue weighted by Crippen LogP contribution is -2.12. The molecule has 4 nitrogen and oxygen atoms in total. The van der Waals surface area contributed by atoms with Crippen LogP contribution >= 0.6 is 11.3 Å². The predicted molar refractivity (Wildman–Crippen MR) is 106 cm³/mol. The summed E-state index contributed by atoms with van der Waals surface area (Å²) < 4.78 is 31.6. The van der Waals surface area contributed by atoms with E-state index in [2.05, 4.69) is 22.3 Å². The third-order valence-electron chi connectivity index (χ3n) is 5.29. The second kappa shape index (κ2) is 6.44. The van der Waals surface area contributed by atoms with E-state index in [0.29, 0.717) is 11.5 Å². The third kappa shape index (κ3) is 2.49. The molecule has 2 aromatic heterocycles. The van der Waals surface area contributed by atoms with Gasteiger partial charge in [0.25, 0.3) is 0 Å². The number of hydrogen-bond donors (Lipinski definition) is 0. The van der Waals surface area contributed by atoms with Crippen LogP contribution in [0.2, 0.25) is 0 Å². The van der Waals surface area contributed by atoms with Gasteiger partial charge < -0.3 is 0 Å². The summed E-state index contributed by atoms with van der Waals surface area (Å²) >= 11 is 1.64. The van der Waals surface area contributed by atoms with Crippen LogP contribution in [0.3, 0.4) is 0 Å². The number of fused-ring (bicyclic) bond motifs is 5. The maximum Gasteiger partial charge on any atom is 0.162 e. The van der Waals surface area contributed by atoms with Crippen molar-refractivity contribution in [1.29, 1.82) is 0 Å². The maximum atomic E-state index is 14.8. The number of hydrogen-bond acceptors (Lipinski definition) is 4. The van der Waals surface area contributed by atoms with E-state index in [1.54, 1.807) is 11.3 Å². The summed E-state index contributed by atoms with van der Waals surface area (Å²) in [6.07, 6.45) is 6.84. The van der Waals surface area contributed by atoms with Crippen LogP contribution in [-0.4, -0.2) is 20.5 Å². The fourth-order valence-electron chi connectivity index (χ4n) is 3.99. The van der Waals surface area contributed by atoms with Gasteiger partial charge in [0.2, 0.25) is 0 Å². The van der Waals surface area contributed by atoms with E-state index in [0.717, 1.165) is 41.2 Å². The van der Waals surface area contributed by atoms with E-state index in [4.69, 9.17) is 4.99 Å².